The van der Waals surface area contributed by atoms with Gasteiger partial charge in [-0.25, -0.2) is 51.5 Å². The van der Waals surface area contributed by atoms with Crippen LogP contribution in [0.2, 0.25) is 15.1 Å². The third-order valence-corrected chi connectivity index (χ3v) is 19.5. The average Bonchev–Trinajstić information content (AvgIpc) is 0.858. The maximum absolute atomic E-state index is 12.3. The Bertz CT molecular complexity index is 5730. The van der Waals surface area contributed by atoms with E-state index < -0.39 is 133 Å². The fourth-order valence-corrected chi connectivity index (χ4v) is 11.9. The van der Waals surface area contributed by atoms with Crippen LogP contribution in [0.3, 0.4) is 0 Å². The van der Waals surface area contributed by atoms with Crippen LogP contribution in [0.1, 0.15) is 157 Å². The summed E-state index contributed by atoms with van der Waals surface area (Å²) in [5.74, 6) is -11.5. The van der Waals surface area contributed by atoms with Crippen molar-refractivity contribution in [3.63, 3.8) is 0 Å². The SMILES string of the molecule is Cc1ccccc1C(O)C#N.Cc1ccccc1[C@@H](O)C(=O)O.Cc1ccccc1[C@H](O)C(=O)O.N#CC(O)c1ccc(F)cc1.N#CC(O)c1cccc(Br)c1.N#CC(O)c1cccc(Cl)c1.O=C(O)[C@@H](O)c1ccc(F)cc1.O=C(O)[C@@H](O)c1cccc(Br)c1.O=C(O)[C@@H](O)c1cccc(Cl)c1.O=C(O)[C@H](O)c1ccc(F)cc1.O=C(O)[C@H](O)c1cccc(Br)c1.O=C(O)[C@H](O)c1cccc(Cl)c1. The number of aliphatic hydroxyl groups is 12. The number of aliphatic carboxylic acids is 8. The van der Waals surface area contributed by atoms with E-state index in [0.717, 1.165) is 54.4 Å². The molecule has 0 heterocycles. The molecule has 0 aliphatic carbocycles. The molecule has 32 nitrogen and oxygen atoms in total. The number of aliphatic hydroxyl groups excluding tert-OH is 12. The molecule has 41 heteroatoms. The number of nitriles is 4. The maximum atomic E-state index is 12.3. The molecule has 0 aromatic heterocycles. The number of hydrogen-bond acceptors (Lipinski definition) is 24. The van der Waals surface area contributed by atoms with Crippen LogP contribution in [-0.2, 0) is 38.4 Å². The minimum Gasteiger partial charge on any atom is -0.479 e. The fourth-order valence-electron chi connectivity index (χ4n) is 10.1. The van der Waals surface area contributed by atoms with Crippen LogP contribution >= 0.6 is 82.6 Å². The molecule has 0 radical (unpaired) electrons. The van der Waals surface area contributed by atoms with Crippen LogP contribution in [0.4, 0.5) is 13.2 Å². The zero-order valence-electron chi connectivity index (χ0n) is 73.0. The smallest absolute Gasteiger partial charge is 0.337 e. The van der Waals surface area contributed by atoms with Crippen molar-refractivity contribution in [1.82, 2.24) is 0 Å². The summed E-state index contributed by atoms with van der Waals surface area (Å²) in [6.45, 7) is 5.40. The Morgan fingerprint density at radius 1 is 0.236 bits per heavy atom. The van der Waals surface area contributed by atoms with E-state index in [2.05, 4.69) is 47.8 Å². The normalized spacial score (nSPS) is 12.4. The zero-order chi connectivity index (χ0) is 106. The summed E-state index contributed by atoms with van der Waals surface area (Å²) in [6, 6.07) is 81.4. The summed E-state index contributed by atoms with van der Waals surface area (Å²) >= 11 is 26.4. The van der Waals surface area contributed by atoms with Gasteiger partial charge in [0.1, 0.15) is 17.5 Å². The van der Waals surface area contributed by atoms with Gasteiger partial charge in [0.05, 0.1) is 24.3 Å². The number of aryl methyl sites for hydroxylation is 3. The van der Waals surface area contributed by atoms with E-state index in [0.29, 0.717) is 59.6 Å². The van der Waals surface area contributed by atoms with Crippen LogP contribution in [0.25, 0.3) is 0 Å². The lowest BCUT2D eigenvalue weighted by Gasteiger charge is -2.07. The highest BCUT2D eigenvalue weighted by Crippen LogP contribution is 2.26. The molecule has 140 heavy (non-hydrogen) atoms. The zero-order valence-corrected chi connectivity index (χ0v) is 80.1. The molecule has 736 valence electrons. The number of halogens is 9. The Morgan fingerprint density at radius 2 is 0.429 bits per heavy atom. The van der Waals surface area contributed by atoms with E-state index in [4.69, 9.17) is 148 Å². The van der Waals surface area contributed by atoms with Crippen molar-refractivity contribution < 1.29 is 154 Å². The van der Waals surface area contributed by atoms with Gasteiger partial charge in [0, 0.05) is 28.5 Å². The lowest BCUT2D eigenvalue weighted by molar-refractivity contribution is -0.147. The molecular formula is C99H89Br3Cl3F3N4O28. The molecule has 0 saturated carbocycles. The fraction of sp³-hybridized carbons (Fsp3) is 0.152. The molecule has 20 N–H and O–H groups in total. The first-order valence-corrected chi connectivity index (χ1v) is 42.9. The van der Waals surface area contributed by atoms with Gasteiger partial charge in [0.2, 0.25) is 0 Å². The second-order valence-electron chi connectivity index (χ2n) is 27.6. The molecule has 0 bridgehead atoms. The number of hydrogen-bond donors (Lipinski definition) is 20. The number of carbonyl (C=O) groups is 8. The average molecular weight is 2190 g/mol. The first-order chi connectivity index (χ1) is 65.9. The topological polar surface area (TPSA) is 636 Å². The van der Waals surface area contributed by atoms with Crippen molar-refractivity contribution >= 4 is 130 Å². The Balaban J connectivity index is 0.000000764. The van der Waals surface area contributed by atoms with E-state index in [1.54, 1.807) is 208 Å². The lowest BCUT2D eigenvalue weighted by atomic mass is 10.0. The van der Waals surface area contributed by atoms with Gasteiger partial charge in [-0.05, 0) is 213 Å². The third-order valence-electron chi connectivity index (χ3n) is 17.4. The monoisotopic (exact) mass is 2180 g/mol. The van der Waals surface area contributed by atoms with Crippen LogP contribution < -0.4 is 0 Å². The molecule has 12 atom stereocenters. The van der Waals surface area contributed by atoms with Crippen molar-refractivity contribution in [2.24, 2.45) is 0 Å². The highest BCUT2D eigenvalue weighted by Gasteiger charge is 2.23. The minimum absolute atomic E-state index is 0.170. The van der Waals surface area contributed by atoms with E-state index in [1.807, 2.05) is 31.2 Å². The lowest BCUT2D eigenvalue weighted by Crippen LogP contribution is -2.11. The quantitative estimate of drug-likeness (QED) is 0.0315. The Morgan fingerprint density at radius 3 is 0.664 bits per heavy atom. The Kier molecular flexibility index (Phi) is 58.9. The van der Waals surface area contributed by atoms with Crippen LogP contribution in [0.15, 0.2) is 305 Å². The van der Waals surface area contributed by atoms with Gasteiger partial charge in [0.15, 0.2) is 73.2 Å². The molecular weight excluding hydrogens is 2100 g/mol. The highest BCUT2D eigenvalue weighted by molar-refractivity contribution is 9.11. The van der Waals surface area contributed by atoms with Gasteiger partial charge in [-0.2, -0.15) is 21.0 Å². The predicted molar refractivity (Wildman–Crippen MR) is 513 cm³/mol. The molecule has 12 aromatic rings. The van der Waals surface area contributed by atoms with E-state index in [9.17, 15) is 61.7 Å². The summed E-state index contributed by atoms with van der Waals surface area (Å²) in [6.07, 6.45) is -16.1. The van der Waals surface area contributed by atoms with Gasteiger partial charge in [0.25, 0.3) is 0 Å². The van der Waals surface area contributed by atoms with E-state index in [1.165, 1.54) is 72.8 Å². The number of carboxylic acids is 8. The molecule has 0 amide bonds. The van der Waals surface area contributed by atoms with E-state index >= 15 is 0 Å². The first-order valence-electron chi connectivity index (χ1n) is 39.4. The number of carboxylic acid groups (broad SMARTS) is 8. The molecule has 12 rings (SSSR count). The summed E-state index contributed by atoms with van der Waals surface area (Å²) in [5, 5.41) is 211. The van der Waals surface area contributed by atoms with Crippen molar-refractivity contribution in [3.8, 4) is 24.3 Å². The predicted octanol–water partition coefficient (Wildman–Crippen LogP) is 17.0. The molecule has 4 unspecified atom stereocenters. The van der Waals surface area contributed by atoms with Gasteiger partial charge in [-0.15, -0.1) is 0 Å². The molecule has 0 fully saturated rings. The second-order valence-corrected chi connectivity index (χ2v) is 31.7. The Labute approximate surface area is 838 Å². The standard InChI is InChI=1S/C9H9NO.2C9H10O3.C8H6BrNO.2C8H7BrO3.C8H6ClNO.2C8H7ClO3.C8H6FNO.2C8H7FO3/c1-7-4-2-3-5-8(7)9(11)6-10;2*1-6-4-2-3-5-7(6)8(10)9(11)12;9-7-3-1-2-6(4-7)8(11)5-10;2*9-6-3-1-2-5(4-6)7(10)8(11)12;9-7-3-1-2-6(4-7)8(11)5-10;2*9-6-3-1-2-5(4-6)7(10)8(11)12;9-7-3-1-6(2-4-7)8(11)5-10;2*9-6-3-1-5(2-4-6)7(10)8(11)12/h2-5,9,11H,1H3;2*2-5,8,10H,1H3,(H,11,12);1-4,8,11H;2*1-4,7,10H,(H,11,12);1-4,8,11H;2*1-4,7,10H,(H,11,12);1-4,8,11H;2*1-4,7,10H,(H,11,12)/t;2*8-;;2*7-;;2*7-;;2*7-/m.10.10.10.10/s1. The third kappa shape index (κ3) is 48.3. The summed E-state index contributed by atoms with van der Waals surface area (Å²) in [7, 11) is 0. The summed E-state index contributed by atoms with van der Waals surface area (Å²) < 4.78 is 39.3. The first kappa shape index (κ1) is 124. The number of rotatable bonds is 20. The summed E-state index contributed by atoms with van der Waals surface area (Å²) in [4.78, 5) is 82.6. The molecule has 0 aliphatic rings. The minimum atomic E-state index is -1.58. The van der Waals surface area contributed by atoms with Crippen molar-refractivity contribution in [1.29, 1.82) is 21.0 Å². The highest BCUT2D eigenvalue weighted by atomic mass is 79.9. The molecule has 0 aliphatic heterocycles. The van der Waals surface area contributed by atoms with Crippen LogP contribution in [0.5, 0.6) is 0 Å². The van der Waals surface area contributed by atoms with Gasteiger partial charge >= 0.3 is 47.8 Å². The van der Waals surface area contributed by atoms with Crippen LogP contribution in [0, 0.1) is 83.5 Å². The maximum Gasteiger partial charge on any atom is 0.337 e. The van der Waals surface area contributed by atoms with Gasteiger partial charge in [-0.1, -0.05) is 265 Å². The summed E-state index contributed by atoms with van der Waals surface area (Å²) in [5.41, 5.74) is 7.31. The number of nitrogens with zero attached hydrogens (tertiary/aromatic N) is 4. The van der Waals surface area contributed by atoms with Crippen molar-refractivity contribution in [2.45, 2.75) is 94.0 Å². The largest absolute Gasteiger partial charge is 0.479 e. The van der Waals surface area contributed by atoms with Crippen LogP contribution in [-0.4, -0.2) is 150 Å². The van der Waals surface area contributed by atoms with Gasteiger partial charge < -0.3 is 102 Å². The molecule has 0 saturated heterocycles. The number of benzene rings is 12. The molecule has 0 spiro atoms. The Hall–Kier alpha value is -14.0. The van der Waals surface area contributed by atoms with E-state index in [-0.39, 0.29) is 28.1 Å². The van der Waals surface area contributed by atoms with Crippen molar-refractivity contribution in [2.75, 3.05) is 0 Å². The molecule has 12 aromatic carbocycles. The second kappa shape index (κ2) is 66.5. The van der Waals surface area contributed by atoms with Gasteiger partial charge in [-0.3, -0.25) is 0 Å². The van der Waals surface area contributed by atoms with Crippen molar-refractivity contribution in [3.05, 3.63) is 421 Å².